The maximum atomic E-state index is 12.9. The van der Waals surface area contributed by atoms with Gasteiger partial charge in [-0.05, 0) is 32.0 Å². The van der Waals surface area contributed by atoms with Crippen LogP contribution in [0, 0.1) is 0 Å². The number of aromatic nitrogens is 1. The number of ether oxygens (including phenoxy) is 2. The predicted molar refractivity (Wildman–Crippen MR) is 97.3 cm³/mol. The van der Waals surface area contributed by atoms with Gasteiger partial charge in [0, 0.05) is 36.5 Å². The molecular formula is C19H20ClF3N2O2. The third-order valence-corrected chi connectivity index (χ3v) is 4.81. The number of halogens is 4. The van der Waals surface area contributed by atoms with Crippen LogP contribution in [0.2, 0.25) is 5.02 Å². The number of hydrogen-bond acceptors (Lipinski definition) is 4. The van der Waals surface area contributed by atoms with E-state index in [1.165, 1.54) is 7.11 Å². The van der Waals surface area contributed by atoms with Crippen molar-refractivity contribution < 1.29 is 22.6 Å². The van der Waals surface area contributed by atoms with Gasteiger partial charge in [0.25, 0.3) is 0 Å². The molecule has 0 atom stereocenters. The SMILES string of the molecule is COc1cc(-c2ncc(C(F)(F)F)cc2Cl)cc2c1OCCN(C(C)C)C2. The quantitative estimate of drug-likeness (QED) is 0.723. The first-order chi connectivity index (χ1) is 12.7. The minimum absolute atomic E-state index is 0.0675. The second-order valence-electron chi connectivity index (χ2n) is 6.63. The van der Waals surface area contributed by atoms with E-state index in [2.05, 4.69) is 23.7 Å². The molecule has 0 amide bonds. The summed E-state index contributed by atoms with van der Waals surface area (Å²) in [6, 6.07) is 4.74. The van der Waals surface area contributed by atoms with Gasteiger partial charge in [-0.15, -0.1) is 0 Å². The molecule has 0 saturated heterocycles. The van der Waals surface area contributed by atoms with Crippen LogP contribution in [0.1, 0.15) is 25.0 Å². The zero-order chi connectivity index (χ0) is 19.8. The number of methoxy groups -OCH3 is 1. The lowest BCUT2D eigenvalue weighted by molar-refractivity contribution is -0.137. The summed E-state index contributed by atoms with van der Waals surface area (Å²) in [7, 11) is 1.52. The molecule has 0 aliphatic carbocycles. The Morgan fingerprint density at radius 3 is 2.59 bits per heavy atom. The molecule has 8 heteroatoms. The maximum Gasteiger partial charge on any atom is 0.417 e. The zero-order valence-electron chi connectivity index (χ0n) is 15.2. The van der Waals surface area contributed by atoms with E-state index in [4.69, 9.17) is 21.1 Å². The lowest BCUT2D eigenvalue weighted by Gasteiger charge is -2.23. The highest BCUT2D eigenvalue weighted by Crippen LogP contribution is 2.40. The summed E-state index contributed by atoms with van der Waals surface area (Å²) >= 11 is 6.12. The van der Waals surface area contributed by atoms with Gasteiger partial charge >= 0.3 is 6.18 Å². The van der Waals surface area contributed by atoms with Crippen molar-refractivity contribution in [2.45, 2.75) is 32.6 Å². The van der Waals surface area contributed by atoms with Crippen LogP contribution in [0.3, 0.4) is 0 Å². The van der Waals surface area contributed by atoms with Crippen LogP contribution < -0.4 is 9.47 Å². The van der Waals surface area contributed by atoms with E-state index in [0.29, 0.717) is 36.3 Å². The van der Waals surface area contributed by atoms with E-state index >= 15 is 0 Å². The Balaban J connectivity index is 2.07. The van der Waals surface area contributed by atoms with Crippen molar-refractivity contribution in [2.75, 3.05) is 20.3 Å². The Labute approximate surface area is 160 Å². The first-order valence-corrected chi connectivity index (χ1v) is 8.89. The molecule has 0 unspecified atom stereocenters. The summed E-state index contributed by atoms with van der Waals surface area (Å²) in [5, 5.41) is -0.0675. The van der Waals surface area contributed by atoms with Gasteiger partial charge in [0.15, 0.2) is 11.5 Å². The summed E-state index contributed by atoms with van der Waals surface area (Å²) in [6.45, 7) is 6.13. The molecule has 0 saturated carbocycles. The fraction of sp³-hybridized carbons (Fsp3) is 0.421. The third-order valence-electron chi connectivity index (χ3n) is 4.52. The number of pyridine rings is 1. The summed E-state index contributed by atoms with van der Waals surface area (Å²) in [4.78, 5) is 6.20. The van der Waals surface area contributed by atoms with Crippen LogP contribution in [0.25, 0.3) is 11.3 Å². The molecule has 3 rings (SSSR count). The molecule has 0 spiro atoms. The van der Waals surface area contributed by atoms with E-state index in [1.807, 2.05) is 6.07 Å². The number of hydrogen-bond donors (Lipinski definition) is 0. The molecule has 1 aliphatic heterocycles. The average molecular weight is 401 g/mol. The summed E-state index contributed by atoms with van der Waals surface area (Å²) < 4.78 is 49.9. The van der Waals surface area contributed by atoms with Crippen LogP contribution in [0.5, 0.6) is 11.5 Å². The Morgan fingerprint density at radius 1 is 1.26 bits per heavy atom. The molecule has 0 fully saturated rings. The third kappa shape index (κ3) is 4.14. The Kier molecular flexibility index (Phi) is 5.53. The van der Waals surface area contributed by atoms with Crippen molar-refractivity contribution in [3.05, 3.63) is 40.5 Å². The fourth-order valence-electron chi connectivity index (χ4n) is 3.04. The lowest BCUT2D eigenvalue weighted by Crippen LogP contribution is -2.32. The molecule has 0 bridgehead atoms. The van der Waals surface area contributed by atoms with E-state index in [-0.39, 0.29) is 10.7 Å². The van der Waals surface area contributed by atoms with Crippen LogP contribution in [0.4, 0.5) is 13.2 Å². The second kappa shape index (κ2) is 7.56. The molecule has 2 heterocycles. The van der Waals surface area contributed by atoms with Gasteiger partial charge in [0.1, 0.15) is 6.61 Å². The second-order valence-corrected chi connectivity index (χ2v) is 7.04. The number of alkyl halides is 3. The van der Waals surface area contributed by atoms with Gasteiger partial charge in [0.05, 0.1) is 23.4 Å². The fourth-order valence-corrected chi connectivity index (χ4v) is 3.31. The largest absolute Gasteiger partial charge is 0.493 e. The van der Waals surface area contributed by atoms with Gasteiger partial charge in [-0.1, -0.05) is 11.6 Å². The van der Waals surface area contributed by atoms with Gasteiger partial charge in [-0.2, -0.15) is 13.2 Å². The first kappa shape index (κ1) is 19.8. The predicted octanol–water partition coefficient (Wildman–Crippen LogP) is 5.03. The highest BCUT2D eigenvalue weighted by Gasteiger charge is 2.32. The normalized spacial score (nSPS) is 15.3. The Bertz CT molecular complexity index is 840. The molecule has 27 heavy (non-hydrogen) atoms. The molecule has 1 aliphatic rings. The highest BCUT2D eigenvalue weighted by molar-refractivity contribution is 6.33. The van der Waals surface area contributed by atoms with Crippen LogP contribution in [0.15, 0.2) is 24.4 Å². The van der Waals surface area contributed by atoms with Gasteiger partial charge in [0.2, 0.25) is 0 Å². The number of rotatable bonds is 3. The molecule has 0 N–H and O–H groups in total. The van der Waals surface area contributed by atoms with Crippen molar-refractivity contribution in [1.29, 1.82) is 0 Å². The summed E-state index contributed by atoms with van der Waals surface area (Å²) in [5.41, 5.74) is 0.852. The van der Waals surface area contributed by atoms with Crippen LogP contribution in [-0.2, 0) is 12.7 Å². The highest BCUT2D eigenvalue weighted by atomic mass is 35.5. The van der Waals surface area contributed by atoms with Gasteiger partial charge < -0.3 is 9.47 Å². The topological polar surface area (TPSA) is 34.6 Å². The lowest BCUT2D eigenvalue weighted by atomic mass is 10.0. The Hall–Kier alpha value is -1.99. The molecule has 146 valence electrons. The first-order valence-electron chi connectivity index (χ1n) is 8.51. The molecular weight excluding hydrogens is 381 g/mol. The molecule has 1 aromatic heterocycles. The Morgan fingerprint density at radius 2 is 2.00 bits per heavy atom. The van der Waals surface area contributed by atoms with Crippen molar-refractivity contribution in [2.24, 2.45) is 0 Å². The minimum Gasteiger partial charge on any atom is -0.493 e. The standard InChI is InChI=1S/C19H20ClF3N2O2/c1-11(2)25-4-5-27-18-13(10-25)6-12(7-16(18)26-3)17-15(20)8-14(9-24-17)19(21,22)23/h6-9,11H,4-5,10H2,1-3H3. The van der Waals surface area contributed by atoms with E-state index < -0.39 is 11.7 Å². The van der Waals surface area contributed by atoms with E-state index in [0.717, 1.165) is 24.4 Å². The monoisotopic (exact) mass is 400 g/mol. The average Bonchev–Trinajstić information content (AvgIpc) is 2.82. The molecule has 4 nitrogen and oxygen atoms in total. The van der Waals surface area contributed by atoms with Crippen molar-refractivity contribution in [3.63, 3.8) is 0 Å². The molecule has 0 radical (unpaired) electrons. The van der Waals surface area contributed by atoms with Crippen molar-refractivity contribution >= 4 is 11.6 Å². The molecule has 2 aromatic rings. The minimum atomic E-state index is -4.49. The summed E-state index contributed by atoms with van der Waals surface area (Å²) in [5.74, 6) is 1.15. The molecule has 1 aromatic carbocycles. The van der Waals surface area contributed by atoms with Crippen LogP contribution >= 0.6 is 11.6 Å². The van der Waals surface area contributed by atoms with E-state index in [1.54, 1.807) is 6.07 Å². The number of benzene rings is 1. The van der Waals surface area contributed by atoms with Crippen molar-refractivity contribution in [1.82, 2.24) is 9.88 Å². The van der Waals surface area contributed by atoms with Gasteiger partial charge in [-0.25, -0.2) is 0 Å². The van der Waals surface area contributed by atoms with E-state index in [9.17, 15) is 13.2 Å². The van der Waals surface area contributed by atoms with Crippen molar-refractivity contribution in [3.8, 4) is 22.8 Å². The maximum absolute atomic E-state index is 12.9. The zero-order valence-corrected chi connectivity index (χ0v) is 16.0. The summed E-state index contributed by atoms with van der Waals surface area (Å²) in [6.07, 6.45) is -3.71. The smallest absolute Gasteiger partial charge is 0.417 e. The van der Waals surface area contributed by atoms with Crippen LogP contribution in [-0.4, -0.2) is 36.2 Å². The number of nitrogens with zero attached hydrogens (tertiary/aromatic N) is 2. The number of fused-ring (bicyclic) bond motifs is 1. The van der Waals surface area contributed by atoms with Gasteiger partial charge in [-0.3, -0.25) is 9.88 Å².